The Morgan fingerprint density at radius 2 is 1.77 bits per heavy atom. The summed E-state index contributed by atoms with van der Waals surface area (Å²) in [7, 11) is 0. The number of rotatable bonds is 4. The van der Waals surface area contributed by atoms with Crippen molar-refractivity contribution >= 4 is 11.7 Å². The van der Waals surface area contributed by atoms with Gasteiger partial charge in [0.1, 0.15) is 6.04 Å². The summed E-state index contributed by atoms with van der Waals surface area (Å²) in [4.78, 5) is 10.9. The van der Waals surface area contributed by atoms with E-state index in [4.69, 9.17) is 5.11 Å². The molecule has 2 N–H and O–H groups in total. The van der Waals surface area contributed by atoms with Crippen molar-refractivity contribution in [2.45, 2.75) is 38.6 Å². The molecule has 0 fully saturated rings. The molecule has 1 aliphatic heterocycles. The summed E-state index contributed by atoms with van der Waals surface area (Å²) in [5.74, 6) is -0.766. The first kappa shape index (κ1) is 16.1. The first-order valence-corrected chi connectivity index (χ1v) is 7.82. The van der Waals surface area contributed by atoms with Crippen molar-refractivity contribution in [2.75, 3.05) is 5.32 Å². The summed E-state index contributed by atoms with van der Waals surface area (Å²) in [5.41, 5.74) is 3.50. The molecule has 0 spiro atoms. The van der Waals surface area contributed by atoms with Crippen LogP contribution in [0.1, 0.15) is 30.9 Å². The summed E-state index contributed by atoms with van der Waals surface area (Å²) >= 11 is 0. The normalized spacial score (nSPS) is 15.2. The highest BCUT2D eigenvalue weighted by Crippen LogP contribution is 2.29. The van der Waals surface area contributed by atoms with E-state index < -0.39 is 12.0 Å². The van der Waals surface area contributed by atoms with Crippen LogP contribution in [0.3, 0.4) is 0 Å². The van der Waals surface area contributed by atoms with Gasteiger partial charge in [-0.1, -0.05) is 61.9 Å². The Balaban J connectivity index is 0.000000246. The van der Waals surface area contributed by atoms with Gasteiger partial charge in [0.2, 0.25) is 0 Å². The molecule has 0 saturated carbocycles. The number of aliphatic carboxylic acids is 1. The Morgan fingerprint density at radius 3 is 2.32 bits per heavy atom. The van der Waals surface area contributed by atoms with Gasteiger partial charge in [-0.2, -0.15) is 0 Å². The third-order valence-electron chi connectivity index (χ3n) is 3.78. The Hall–Kier alpha value is -2.29. The van der Waals surface area contributed by atoms with Crippen molar-refractivity contribution in [1.82, 2.24) is 0 Å². The number of unbranched alkanes of at least 4 members (excludes halogenated alkanes) is 1. The van der Waals surface area contributed by atoms with Gasteiger partial charge in [0, 0.05) is 12.1 Å². The second-order valence-corrected chi connectivity index (χ2v) is 5.44. The monoisotopic (exact) mass is 297 g/mol. The van der Waals surface area contributed by atoms with Gasteiger partial charge >= 0.3 is 5.97 Å². The molecule has 0 bridgehead atoms. The van der Waals surface area contributed by atoms with Crippen LogP contribution in [-0.2, 0) is 17.6 Å². The number of carboxylic acid groups (broad SMARTS) is 1. The van der Waals surface area contributed by atoms with Crippen LogP contribution in [0.4, 0.5) is 5.69 Å². The summed E-state index contributed by atoms with van der Waals surface area (Å²) < 4.78 is 0. The lowest BCUT2D eigenvalue weighted by molar-refractivity contribution is -0.137. The molecule has 0 amide bonds. The Bertz CT molecular complexity index is 569. The van der Waals surface area contributed by atoms with E-state index in [0.29, 0.717) is 6.42 Å². The van der Waals surface area contributed by atoms with E-state index in [9.17, 15) is 4.79 Å². The van der Waals surface area contributed by atoms with Gasteiger partial charge in [0.15, 0.2) is 0 Å². The van der Waals surface area contributed by atoms with Gasteiger partial charge in [-0.25, -0.2) is 4.79 Å². The van der Waals surface area contributed by atoms with Crippen LogP contribution in [0.2, 0.25) is 0 Å². The first-order chi connectivity index (χ1) is 10.7. The number of anilines is 1. The Morgan fingerprint density at radius 1 is 1.14 bits per heavy atom. The number of aryl methyl sites for hydroxylation is 1. The average Bonchev–Trinajstić information content (AvgIpc) is 3.00. The second-order valence-electron chi connectivity index (χ2n) is 5.44. The summed E-state index contributed by atoms with van der Waals surface area (Å²) in [6.45, 7) is 2.17. The second kappa shape index (κ2) is 8.23. The van der Waals surface area contributed by atoms with Crippen molar-refractivity contribution in [1.29, 1.82) is 0 Å². The third-order valence-corrected chi connectivity index (χ3v) is 3.78. The highest BCUT2D eigenvalue weighted by molar-refractivity contribution is 5.81. The molecule has 2 aromatic rings. The maximum absolute atomic E-state index is 10.9. The molecule has 22 heavy (non-hydrogen) atoms. The number of benzene rings is 2. The summed E-state index contributed by atoms with van der Waals surface area (Å²) in [5, 5.41) is 12.0. The largest absolute Gasteiger partial charge is 0.480 e. The first-order valence-electron chi connectivity index (χ1n) is 7.82. The van der Waals surface area contributed by atoms with E-state index >= 15 is 0 Å². The molecule has 1 heterocycles. The van der Waals surface area contributed by atoms with Crippen LogP contribution >= 0.6 is 0 Å². The lowest BCUT2D eigenvalue weighted by Crippen LogP contribution is -2.26. The molecule has 1 unspecified atom stereocenters. The average molecular weight is 297 g/mol. The zero-order valence-electron chi connectivity index (χ0n) is 13.0. The SMILES string of the molecule is CCCCc1cccc2c1CC(C(=O)O)N2.c1ccccc1. The minimum absolute atomic E-state index is 0.447. The number of carboxylic acids is 1. The number of fused-ring (bicyclic) bond motifs is 1. The zero-order valence-corrected chi connectivity index (χ0v) is 13.0. The highest BCUT2D eigenvalue weighted by atomic mass is 16.4. The Labute approximate surface area is 132 Å². The molecule has 2 aromatic carbocycles. The van der Waals surface area contributed by atoms with E-state index in [-0.39, 0.29) is 0 Å². The van der Waals surface area contributed by atoms with Crippen LogP contribution in [0, 0.1) is 0 Å². The van der Waals surface area contributed by atoms with E-state index in [1.165, 1.54) is 17.5 Å². The standard InChI is InChI=1S/C13H17NO2.C6H6/c1-2-3-5-9-6-4-7-11-10(9)8-12(14-11)13(15)16;1-2-4-6-5-3-1/h4,6-7,12,14H,2-3,5,8H2,1H3,(H,15,16);1-6H. The molecule has 1 aliphatic rings. The van der Waals surface area contributed by atoms with Gasteiger partial charge in [0.25, 0.3) is 0 Å². The maximum Gasteiger partial charge on any atom is 0.326 e. The number of hydrogen-bond acceptors (Lipinski definition) is 2. The molecule has 3 nitrogen and oxygen atoms in total. The van der Waals surface area contributed by atoms with Crippen LogP contribution in [0.15, 0.2) is 54.6 Å². The molecular weight excluding hydrogens is 274 g/mol. The van der Waals surface area contributed by atoms with Gasteiger partial charge in [0.05, 0.1) is 0 Å². The lowest BCUT2D eigenvalue weighted by atomic mass is 9.99. The number of hydrogen-bond donors (Lipinski definition) is 2. The molecule has 0 saturated heterocycles. The minimum Gasteiger partial charge on any atom is -0.480 e. The van der Waals surface area contributed by atoms with Crippen molar-refractivity contribution in [3.05, 3.63) is 65.7 Å². The van der Waals surface area contributed by atoms with Crippen molar-refractivity contribution in [3.63, 3.8) is 0 Å². The maximum atomic E-state index is 10.9. The molecule has 1 atom stereocenters. The fourth-order valence-electron chi connectivity index (χ4n) is 2.59. The van der Waals surface area contributed by atoms with Crippen LogP contribution in [-0.4, -0.2) is 17.1 Å². The van der Waals surface area contributed by atoms with E-state index in [1.807, 2.05) is 48.5 Å². The molecule has 0 aliphatic carbocycles. The van der Waals surface area contributed by atoms with E-state index in [2.05, 4.69) is 18.3 Å². The molecule has 3 rings (SSSR count). The number of carbonyl (C=O) groups is 1. The Kier molecular flexibility index (Phi) is 6.01. The molecule has 0 aromatic heterocycles. The fourth-order valence-corrected chi connectivity index (χ4v) is 2.59. The predicted octanol–water partition coefficient (Wildman–Crippen LogP) is 4.14. The van der Waals surface area contributed by atoms with E-state index in [0.717, 1.165) is 18.5 Å². The topological polar surface area (TPSA) is 49.3 Å². The van der Waals surface area contributed by atoms with Crippen LogP contribution in [0.25, 0.3) is 0 Å². The van der Waals surface area contributed by atoms with Crippen molar-refractivity contribution < 1.29 is 9.90 Å². The molecule has 116 valence electrons. The smallest absolute Gasteiger partial charge is 0.326 e. The van der Waals surface area contributed by atoms with Gasteiger partial charge in [-0.15, -0.1) is 0 Å². The molecule has 3 heteroatoms. The number of nitrogens with one attached hydrogen (secondary N) is 1. The third kappa shape index (κ3) is 4.35. The van der Waals surface area contributed by atoms with Gasteiger partial charge < -0.3 is 10.4 Å². The minimum atomic E-state index is -0.766. The van der Waals surface area contributed by atoms with Crippen LogP contribution in [0.5, 0.6) is 0 Å². The summed E-state index contributed by atoms with van der Waals surface area (Å²) in [6.07, 6.45) is 3.99. The quantitative estimate of drug-likeness (QED) is 0.892. The van der Waals surface area contributed by atoms with E-state index in [1.54, 1.807) is 0 Å². The van der Waals surface area contributed by atoms with Gasteiger partial charge in [-0.05, 0) is 30.0 Å². The van der Waals surface area contributed by atoms with Gasteiger partial charge in [-0.3, -0.25) is 0 Å². The molecular formula is C19H23NO2. The van der Waals surface area contributed by atoms with Crippen molar-refractivity contribution in [3.8, 4) is 0 Å². The van der Waals surface area contributed by atoms with Crippen LogP contribution < -0.4 is 5.32 Å². The predicted molar refractivity (Wildman–Crippen MR) is 90.2 cm³/mol. The molecule has 0 radical (unpaired) electrons. The summed E-state index contributed by atoms with van der Waals surface area (Å²) in [6, 6.07) is 17.6. The highest BCUT2D eigenvalue weighted by Gasteiger charge is 2.27. The zero-order chi connectivity index (χ0) is 15.8. The lowest BCUT2D eigenvalue weighted by Gasteiger charge is -2.06. The van der Waals surface area contributed by atoms with Crippen molar-refractivity contribution in [2.24, 2.45) is 0 Å². The fraction of sp³-hybridized carbons (Fsp3) is 0.316.